The van der Waals surface area contributed by atoms with Crippen molar-refractivity contribution in [3.8, 4) is 0 Å². The lowest BCUT2D eigenvalue weighted by Crippen LogP contribution is -2.32. The molecular weight excluding hydrogens is 186 g/mol. The van der Waals surface area contributed by atoms with Gasteiger partial charge in [0.1, 0.15) is 0 Å². The summed E-state index contributed by atoms with van der Waals surface area (Å²) in [6.45, 7) is 12.3. The van der Waals surface area contributed by atoms with Gasteiger partial charge in [0.25, 0.3) is 0 Å². The van der Waals surface area contributed by atoms with E-state index in [1.54, 1.807) is 6.20 Å². The fourth-order valence-electron chi connectivity index (χ4n) is 1.30. The van der Waals surface area contributed by atoms with Gasteiger partial charge in [0.2, 0.25) is 0 Å². The van der Waals surface area contributed by atoms with Crippen molar-refractivity contribution in [1.29, 1.82) is 0 Å². The zero-order chi connectivity index (χ0) is 12.0. The lowest BCUT2D eigenvalue weighted by molar-refractivity contribution is -0.615. The minimum atomic E-state index is 0.288. The van der Waals surface area contributed by atoms with Gasteiger partial charge < -0.3 is 5.21 Å². The second-order valence-corrected chi connectivity index (χ2v) is 4.02. The number of hydrogen-bond donors (Lipinski definition) is 0. The van der Waals surface area contributed by atoms with E-state index in [-0.39, 0.29) is 5.92 Å². The van der Waals surface area contributed by atoms with Gasteiger partial charge in [-0.3, -0.25) is 0 Å². The minimum Gasteiger partial charge on any atom is -0.618 e. The third-order valence-corrected chi connectivity index (χ3v) is 2.23. The summed E-state index contributed by atoms with van der Waals surface area (Å²) in [7, 11) is 0. The number of pyridine rings is 1. The SMILES string of the molecule is CC.CC(C)c1cc[n+]([O-])c(C(C)C)c1. The molecule has 0 aliphatic carbocycles. The number of nitrogens with zero attached hydrogens (tertiary/aromatic N) is 1. The molecule has 0 fully saturated rings. The van der Waals surface area contributed by atoms with E-state index in [1.165, 1.54) is 5.56 Å². The van der Waals surface area contributed by atoms with E-state index in [1.807, 2.05) is 39.8 Å². The summed E-state index contributed by atoms with van der Waals surface area (Å²) in [5.74, 6) is 0.773. The van der Waals surface area contributed by atoms with Gasteiger partial charge in [-0.15, -0.1) is 0 Å². The Morgan fingerprint density at radius 2 is 1.60 bits per heavy atom. The van der Waals surface area contributed by atoms with Crippen LogP contribution in [0.3, 0.4) is 0 Å². The zero-order valence-electron chi connectivity index (χ0n) is 10.7. The molecule has 0 aliphatic rings. The first kappa shape index (κ1) is 13.9. The van der Waals surface area contributed by atoms with Crippen LogP contribution >= 0.6 is 0 Å². The second kappa shape index (κ2) is 6.44. The van der Waals surface area contributed by atoms with Crippen LogP contribution in [0.5, 0.6) is 0 Å². The van der Waals surface area contributed by atoms with Gasteiger partial charge in [0.15, 0.2) is 11.9 Å². The third kappa shape index (κ3) is 3.90. The van der Waals surface area contributed by atoms with Crippen LogP contribution < -0.4 is 4.73 Å². The molecular formula is C13H23NO. The Balaban J connectivity index is 0.000000921. The van der Waals surface area contributed by atoms with E-state index in [4.69, 9.17) is 0 Å². The van der Waals surface area contributed by atoms with Crippen LogP contribution in [0.25, 0.3) is 0 Å². The van der Waals surface area contributed by atoms with E-state index in [2.05, 4.69) is 13.8 Å². The predicted octanol–water partition coefficient (Wildman–Crippen LogP) is 3.59. The van der Waals surface area contributed by atoms with Crippen molar-refractivity contribution in [1.82, 2.24) is 0 Å². The molecule has 2 heteroatoms. The highest BCUT2D eigenvalue weighted by atomic mass is 16.5. The average Bonchev–Trinajstić information content (AvgIpc) is 2.20. The Kier molecular flexibility index (Phi) is 5.99. The zero-order valence-corrected chi connectivity index (χ0v) is 10.7. The number of rotatable bonds is 2. The van der Waals surface area contributed by atoms with E-state index >= 15 is 0 Å². The molecule has 0 radical (unpaired) electrons. The van der Waals surface area contributed by atoms with E-state index in [0.717, 1.165) is 10.4 Å². The summed E-state index contributed by atoms with van der Waals surface area (Å²) < 4.78 is 0.955. The first-order valence-electron chi connectivity index (χ1n) is 5.75. The van der Waals surface area contributed by atoms with Crippen LogP contribution in [-0.2, 0) is 0 Å². The van der Waals surface area contributed by atoms with E-state index < -0.39 is 0 Å². The molecule has 1 rings (SSSR count). The fraction of sp³-hybridized carbons (Fsp3) is 0.615. The number of hydrogen-bond acceptors (Lipinski definition) is 1. The highest BCUT2D eigenvalue weighted by Crippen LogP contribution is 2.17. The van der Waals surface area contributed by atoms with Gasteiger partial charge in [-0.05, 0) is 11.5 Å². The molecule has 2 nitrogen and oxygen atoms in total. The van der Waals surface area contributed by atoms with Crippen LogP contribution in [0.1, 0.15) is 64.6 Å². The third-order valence-electron chi connectivity index (χ3n) is 2.23. The predicted molar refractivity (Wildman–Crippen MR) is 64.9 cm³/mol. The molecule has 0 bridgehead atoms. The van der Waals surface area contributed by atoms with Crippen molar-refractivity contribution >= 4 is 0 Å². The van der Waals surface area contributed by atoms with Crippen LogP contribution in [0.15, 0.2) is 18.3 Å². The molecule has 0 atom stereocenters. The maximum atomic E-state index is 11.4. The first-order chi connectivity index (χ1) is 7.02. The summed E-state index contributed by atoms with van der Waals surface area (Å²) in [4.78, 5) is 0. The Morgan fingerprint density at radius 3 is 2.00 bits per heavy atom. The highest BCUT2D eigenvalue weighted by molar-refractivity contribution is 5.18. The average molecular weight is 209 g/mol. The molecule has 0 aromatic carbocycles. The topological polar surface area (TPSA) is 26.9 Å². The van der Waals surface area contributed by atoms with Crippen LogP contribution in [-0.4, -0.2) is 0 Å². The summed E-state index contributed by atoms with van der Waals surface area (Å²) in [5, 5.41) is 11.4. The van der Waals surface area contributed by atoms with Gasteiger partial charge in [-0.25, -0.2) is 0 Å². The Morgan fingerprint density at radius 1 is 1.07 bits per heavy atom. The molecule has 86 valence electrons. The van der Waals surface area contributed by atoms with E-state index in [9.17, 15) is 5.21 Å². The van der Waals surface area contributed by atoms with Gasteiger partial charge in [-0.2, -0.15) is 4.73 Å². The second-order valence-electron chi connectivity index (χ2n) is 4.02. The van der Waals surface area contributed by atoms with Crippen LogP contribution in [0.4, 0.5) is 0 Å². The van der Waals surface area contributed by atoms with Gasteiger partial charge in [-0.1, -0.05) is 41.5 Å². The normalized spacial score (nSPS) is 10.1. The van der Waals surface area contributed by atoms with Crippen molar-refractivity contribution in [2.24, 2.45) is 0 Å². The standard InChI is InChI=1S/C11H17NO.C2H6/c1-8(2)10-5-6-12(13)11(7-10)9(3)4;1-2/h5-9H,1-4H3;1-2H3. The van der Waals surface area contributed by atoms with E-state index in [0.29, 0.717) is 5.92 Å². The molecule has 0 spiro atoms. The highest BCUT2D eigenvalue weighted by Gasteiger charge is 2.12. The van der Waals surface area contributed by atoms with Gasteiger partial charge >= 0.3 is 0 Å². The minimum absolute atomic E-state index is 0.288. The molecule has 0 saturated carbocycles. The van der Waals surface area contributed by atoms with Crippen molar-refractivity contribution in [3.63, 3.8) is 0 Å². The maximum absolute atomic E-state index is 11.4. The largest absolute Gasteiger partial charge is 0.618 e. The monoisotopic (exact) mass is 209 g/mol. The summed E-state index contributed by atoms with van der Waals surface area (Å²) in [6.07, 6.45) is 1.60. The van der Waals surface area contributed by atoms with Crippen LogP contribution in [0.2, 0.25) is 0 Å². The summed E-state index contributed by atoms with van der Waals surface area (Å²) in [6, 6.07) is 3.89. The van der Waals surface area contributed by atoms with Crippen molar-refractivity contribution < 1.29 is 4.73 Å². The molecule has 0 amide bonds. The van der Waals surface area contributed by atoms with Crippen molar-refractivity contribution in [3.05, 3.63) is 34.8 Å². The molecule has 1 heterocycles. The molecule has 0 aliphatic heterocycles. The smallest absolute Gasteiger partial charge is 0.195 e. The lowest BCUT2D eigenvalue weighted by Gasteiger charge is -2.10. The molecule has 0 unspecified atom stereocenters. The maximum Gasteiger partial charge on any atom is 0.195 e. The Hall–Kier alpha value is -1.05. The van der Waals surface area contributed by atoms with Crippen molar-refractivity contribution in [2.75, 3.05) is 0 Å². The number of aromatic nitrogens is 1. The Bertz CT molecular complexity index is 293. The molecule has 15 heavy (non-hydrogen) atoms. The van der Waals surface area contributed by atoms with Crippen LogP contribution in [0, 0.1) is 5.21 Å². The Labute approximate surface area is 93.5 Å². The van der Waals surface area contributed by atoms with Crippen molar-refractivity contribution in [2.45, 2.75) is 53.4 Å². The molecule has 1 aromatic heterocycles. The quantitative estimate of drug-likeness (QED) is 0.540. The molecule has 0 N–H and O–H groups in total. The molecule has 0 saturated heterocycles. The first-order valence-corrected chi connectivity index (χ1v) is 5.75. The lowest BCUT2D eigenvalue weighted by atomic mass is 10.0. The fourth-order valence-corrected chi connectivity index (χ4v) is 1.30. The molecule has 1 aromatic rings. The van der Waals surface area contributed by atoms with Gasteiger partial charge in [0, 0.05) is 18.1 Å². The van der Waals surface area contributed by atoms with Gasteiger partial charge in [0.05, 0.1) is 0 Å². The summed E-state index contributed by atoms with van der Waals surface area (Å²) in [5.41, 5.74) is 2.09. The summed E-state index contributed by atoms with van der Waals surface area (Å²) >= 11 is 0.